The summed E-state index contributed by atoms with van der Waals surface area (Å²) < 4.78 is 27.6. The average Bonchev–Trinajstić information content (AvgIpc) is 2.43. The fourth-order valence-electron chi connectivity index (χ4n) is 2.00. The molecule has 2 aromatic carbocycles. The highest BCUT2D eigenvalue weighted by molar-refractivity contribution is 9.10. The zero-order valence-corrected chi connectivity index (χ0v) is 14.2. The molecule has 0 spiro atoms. The molecule has 0 bridgehead atoms. The van der Waals surface area contributed by atoms with Crippen LogP contribution in [0.1, 0.15) is 17.5 Å². The Morgan fingerprint density at radius 1 is 1.10 bits per heavy atom. The fraction of sp³-hybridized carbons (Fsp3) is 0.250. The maximum absolute atomic E-state index is 12.1. The van der Waals surface area contributed by atoms with Crippen molar-refractivity contribution in [2.24, 2.45) is 0 Å². The van der Waals surface area contributed by atoms with Crippen LogP contribution >= 0.6 is 15.9 Å². The van der Waals surface area contributed by atoms with E-state index in [1.54, 1.807) is 12.1 Å². The Morgan fingerprint density at radius 2 is 1.81 bits per heavy atom. The molecule has 5 heteroatoms. The summed E-state index contributed by atoms with van der Waals surface area (Å²) >= 11 is 3.40. The molecule has 0 saturated heterocycles. The molecule has 3 nitrogen and oxygen atoms in total. The van der Waals surface area contributed by atoms with E-state index in [4.69, 9.17) is 0 Å². The molecule has 2 aromatic rings. The first-order valence-corrected chi connectivity index (χ1v) is 9.21. The van der Waals surface area contributed by atoms with E-state index in [0.717, 1.165) is 22.0 Å². The zero-order chi connectivity index (χ0) is 15.3. The van der Waals surface area contributed by atoms with E-state index >= 15 is 0 Å². The molecular formula is C16H18BrNO2S. The van der Waals surface area contributed by atoms with Crippen LogP contribution in [0.5, 0.6) is 0 Å². The van der Waals surface area contributed by atoms with Gasteiger partial charge >= 0.3 is 0 Å². The maximum Gasteiger partial charge on any atom is 0.232 e. The Morgan fingerprint density at radius 3 is 2.48 bits per heavy atom. The summed E-state index contributed by atoms with van der Waals surface area (Å²) in [5.74, 6) is 0.118. The van der Waals surface area contributed by atoms with E-state index in [0.29, 0.717) is 12.1 Å². The smallest absolute Gasteiger partial charge is 0.232 e. The van der Waals surface area contributed by atoms with E-state index in [-0.39, 0.29) is 5.75 Å². The van der Waals surface area contributed by atoms with Gasteiger partial charge in [0.25, 0.3) is 0 Å². The molecule has 1 N–H and O–H groups in total. The first-order valence-electron chi connectivity index (χ1n) is 6.77. The Balaban J connectivity index is 1.91. The van der Waals surface area contributed by atoms with Gasteiger partial charge in [-0.05, 0) is 43.0 Å². The summed E-state index contributed by atoms with van der Waals surface area (Å²) in [5.41, 5.74) is 2.82. The highest BCUT2D eigenvalue weighted by Gasteiger charge is 2.10. The van der Waals surface area contributed by atoms with Gasteiger partial charge in [-0.3, -0.25) is 4.72 Å². The fourth-order valence-corrected chi connectivity index (χ4v) is 3.49. The van der Waals surface area contributed by atoms with Gasteiger partial charge in [-0.25, -0.2) is 8.42 Å². The van der Waals surface area contributed by atoms with Crippen molar-refractivity contribution in [2.45, 2.75) is 19.8 Å². The Hall–Kier alpha value is -1.33. The van der Waals surface area contributed by atoms with Gasteiger partial charge in [-0.1, -0.05) is 52.3 Å². The molecule has 0 amide bonds. The average molecular weight is 368 g/mol. The van der Waals surface area contributed by atoms with E-state index in [1.807, 2.05) is 43.3 Å². The minimum absolute atomic E-state index is 0.118. The third kappa shape index (κ3) is 5.17. The van der Waals surface area contributed by atoms with Crippen molar-refractivity contribution in [3.05, 3.63) is 64.1 Å². The quantitative estimate of drug-likeness (QED) is 0.833. The van der Waals surface area contributed by atoms with Gasteiger partial charge in [-0.15, -0.1) is 0 Å². The molecule has 0 unspecified atom stereocenters. The van der Waals surface area contributed by atoms with Crippen molar-refractivity contribution in [2.75, 3.05) is 10.5 Å². The van der Waals surface area contributed by atoms with Gasteiger partial charge in [0, 0.05) is 10.2 Å². The van der Waals surface area contributed by atoms with Crippen molar-refractivity contribution >= 4 is 31.6 Å². The van der Waals surface area contributed by atoms with Gasteiger partial charge in [0.1, 0.15) is 0 Å². The molecule has 0 atom stereocenters. The van der Waals surface area contributed by atoms with Crippen LogP contribution in [0.4, 0.5) is 5.69 Å². The summed E-state index contributed by atoms with van der Waals surface area (Å²) in [5, 5.41) is 0. The first kappa shape index (κ1) is 16.0. The predicted octanol–water partition coefficient (Wildman–Crippen LogP) is 4.13. The van der Waals surface area contributed by atoms with Crippen LogP contribution in [0.3, 0.4) is 0 Å². The SMILES string of the molecule is Cc1ccc(NS(=O)(=O)CCCc2ccccc2)cc1Br. The molecule has 0 saturated carbocycles. The van der Waals surface area contributed by atoms with Crippen LogP contribution in [0.25, 0.3) is 0 Å². The van der Waals surface area contributed by atoms with E-state index in [9.17, 15) is 8.42 Å². The highest BCUT2D eigenvalue weighted by Crippen LogP contribution is 2.21. The molecule has 112 valence electrons. The van der Waals surface area contributed by atoms with E-state index in [1.165, 1.54) is 0 Å². The molecule has 0 heterocycles. The molecule has 0 aliphatic rings. The van der Waals surface area contributed by atoms with Gasteiger partial charge in [0.2, 0.25) is 10.0 Å². The number of nitrogens with one attached hydrogen (secondary N) is 1. The second-order valence-corrected chi connectivity index (χ2v) is 7.67. The maximum atomic E-state index is 12.1. The number of aryl methyl sites for hydroxylation is 2. The lowest BCUT2D eigenvalue weighted by atomic mass is 10.1. The second kappa shape index (κ2) is 7.09. The molecule has 0 fully saturated rings. The molecule has 0 aromatic heterocycles. The number of benzene rings is 2. The van der Waals surface area contributed by atoms with Gasteiger partial charge < -0.3 is 0 Å². The number of hydrogen-bond acceptors (Lipinski definition) is 2. The van der Waals surface area contributed by atoms with Crippen LogP contribution in [-0.2, 0) is 16.4 Å². The number of sulfonamides is 1. The van der Waals surface area contributed by atoms with Crippen LogP contribution in [-0.4, -0.2) is 14.2 Å². The molecule has 0 aliphatic carbocycles. The molecule has 21 heavy (non-hydrogen) atoms. The van der Waals surface area contributed by atoms with E-state index < -0.39 is 10.0 Å². The minimum Gasteiger partial charge on any atom is -0.284 e. The van der Waals surface area contributed by atoms with Gasteiger partial charge in [0.05, 0.1) is 5.75 Å². The van der Waals surface area contributed by atoms with Crippen molar-refractivity contribution in [1.82, 2.24) is 0 Å². The molecule has 0 radical (unpaired) electrons. The largest absolute Gasteiger partial charge is 0.284 e. The Kier molecular flexibility index (Phi) is 5.42. The summed E-state index contributed by atoms with van der Waals surface area (Å²) in [7, 11) is -3.31. The third-order valence-corrected chi connectivity index (χ3v) is 5.39. The topological polar surface area (TPSA) is 46.2 Å². The second-order valence-electron chi connectivity index (χ2n) is 4.97. The lowest BCUT2D eigenvalue weighted by molar-refractivity contribution is 0.598. The van der Waals surface area contributed by atoms with Gasteiger partial charge in [0.15, 0.2) is 0 Å². The lowest BCUT2D eigenvalue weighted by Gasteiger charge is -2.09. The van der Waals surface area contributed by atoms with Crippen LogP contribution < -0.4 is 4.72 Å². The lowest BCUT2D eigenvalue weighted by Crippen LogP contribution is -2.17. The monoisotopic (exact) mass is 367 g/mol. The number of anilines is 1. The van der Waals surface area contributed by atoms with Crippen LogP contribution in [0, 0.1) is 6.92 Å². The van der Waals surface area contributed by atoms with Crippen LogP contribution in [0.15, 0.2) is 53.0 Å². The summed E-state index contributed by atoms with van der Waals surface area (Å²) in [4.78, 5) is 0. The van der Waals surface area contributed by atoms with Crippen LogP contribution in [0.2, 0.25) is 0 Å². The van der Waals surface area contributed by atoms with Crippen molar-refractivity contribution in [3.8, 4) is 0 Å². The number of rotatable bonds is 6. The number of hydrogen-bond donors (Lipinski definition) is 1. The van der Waals surface area contributed by atoms with Gasteiger partial charge in [-0.2, -0.15) is 0 Å². The summed E-state index contributed by atoms with van der Waals surface area (Å²) in [6.45, 7) is 1.96. The normalized spacial score (nSPS) is 11.3. The van der Waals surface area contributed by atoms with Crippen molar-refractivity contribution in [1.29, 1.82) is 0 Å². The Bertz CT molecular complexity index is 699. The minimum atomic E-state index is -3.31. The molecule has 2 rings (SSSR count). The number of halogens is 1. The summed E-state index contributed by atoms with van der Waals surface area (Å²) in [6, 6.07) is 15.3. The zero-order valence-electron chi connectivity index (χ0n) is 11.8. The van der Waals surface area contributed by atoms with Crippen molar-refractivity contribution < 1.29 is 8.42 Å². The molecular weight excluding hydrogens is 350 g/mol. The molecule has 0 aliphatic heterocycles. The predicted molar refractivity (Wildman–Crippen MR) is 91.1 cm³/mol. The van der Waals surface area contributed by atoms with E-state index in [2.05, 4.69) is 20.7 Å². The standard InChI is InChI=1S/C16H18BrNO2S/c1-13-9-10-15(12-16(13)17)18-21(19,20)11-5-8-14-6-3-2-4-7-14/h2-4,6-7,9-10,12,18H,5,8,11H2,1H3. The third-order valence-electron chi connectivity index (χ3n) is 3.17. The van der Waals surface area contributed by atoms with Crippen molar-refractivity contribution in [3.63, 3.8) is 0 Å². The summed E-state index contributed by atoms with van der Waals surface area (Å²) in [6.07, 6.45) is 1.37. The highest BCUT2D eigenvalue weighted by atomic mass is 79.9. The first-order chi connectivity index (χ1) is 9.96. The Labute approximate surface area is 134 Å².